The first-order valence-corrected chi connectivity index (χ1v) is 25.1. The van der Waals surface area contributed by atoms with E-state index in [1.807, 2.05) is 30.5 Å². The van der Waals surface area contributed by atoms with Crippen LogP contribution < -0.4 is 76.5 Å². The van der Waals surface area contributed by atoms with Crippen LogP contribution in [0.25, 0.3) is 10.9 Å². The molecular formula is C50H75N17O10. The maximum absolute atomic E-state index is 14.3. The van der Waals surface area contributed by atoms with E-state index in [0.29, 0.717) is 24.7 Å². The van der Waals surface area contributed by atoms with E-state index >= 15 is 0 Å². The highest BCUT2D eigenvalue weighted by atomic mass is 16.2. The van der Waals surface area contributed by atoms with Crippen molar-refractivity contribution in [2.24, 2.45) is 38.7 Å². The number of aromatic nitrogens is 1. The molecule has 0 spiro atoms. The molecule has 2 aromatic carbocycles. The zero-order chi connectivity index (χ0) is 56.9. The van der Waals surface area contributed by atoms with Crippen LogP contribution in [0.2, 0.25) is 0 Å². The number of amides is 9. The Labute approximate surface area is 446 Å². The Morgan fingerprint density at radius 1 is 0.558 bits per heavy atom. The number of fused-ring (bicyclic) bond motifs is 1. The number of para-hydroxylation sites is 1. The molecule has 7 atom stereocenters. The number of nitrogens with one attached hydrogen (secondary N) is 10. The fourth-order valence-electron chi connectivity index (χ4n) is 7.92. The summed E-state index contributed by atoms with van der Waals surface area (Å²) in [7, 11) is 1.62. The van der Waals surface area contributed by atoms with Gasteiger partial charge >= 0.3 is 0 Å². The van der Waals surface area contributed by atoms with Crippen molar-refractivity contribution in [3.05, 3.63) is 71.9 Å². The van der Waals surface area contributed by atoms with Crippen molar-refractivity contribution < 1.29 is 47.9 Å². The monoisotopic (exact) mass is 1070 g/mol. The van der Waals surface area contributed by atoms with Crippen molar-refractivity contribution in [3.8, 4) is 0 Å². The van der Waals surface area contributed by atoms with E-state index in [1.165, 1.54) is 13.8 Å². The van der Waals surface area contributed by atoms with Gasteiger partial charge in [0.1, 0.15) is 36.5 Å². The number of H-pyrrole nitrogens is 1. The van der Waals surface area contributed by atoms with Gasteiger partial charge in [0.25, 0.3) is 0 Å². The number of carbonyl (C=O) groups excluding carboxylic acids is 10. The minimum absolute atomic E-state index is 0.0105. The van der Waals surface area contributed by atoms with Crippen LogP contribution in [0.4, 0.5) is 0 Å². The lowest BCUT2D eigenvalue weighted by Crippen LogP contribution is -2.59. The average molecular weight is 1070 g/mol. The molecule has 0 aliphatic carbocycles. The normalized spacial score (nSPS) is 13.5. The van der Waals surface area contributed by atoms with Crippen LogP contribution in [-0.2, 0) is 60.8 Å². The number of carbonyl (C=O) groups is 10. The number of rotatable bonds is 35. The van der Waals surface area contributed by atoms with Gasteiger partial charge in [-0.2, -0.15) is 0 Å². The Morgan fingerprint density at radius 3 is 1.74 bits per heavy atom. The number of guanidine groups is 2. The maximum Gasteiger partial charge on any atom is 0.243 e. The summed E-state index contributed by atoms with van der Waals surface area (Å²) in [6, 6.07) is 7.90. The van der Waals surface area contributed by atoms with E-state index in [4.69, 9.17) is 28.7 Å². The van der Waals surface area contributed by atoms with Crippen molar-refractivity contribution >= 4 is 82.3 Å². The van der Waals surface area contributed by atoms with E-state index in [2.05, 4.69) is 62.8 Å². The van der Waals surface area contributed by atoms with Gasteiger partial charge in [0.05, 0.1) is 12.1 Å². The van der Waals surface area contributed by atoms with Crippen LogP contribution in [0.1, 0.15) is 76.3 Å². The molecule has 0 radical (unpaired) electrons. The SMILES string of the molecule is CN[C@@H](Cc1c[nH]c2ccccc12)C(=O)NC(CCCNC(=O)CCC(NC(=O)C(CCN=C(N)N)NC(C)=O)C(=O)N[C@@H](CCNC(C)=O)C(=O)NC(Cc1ccccc1)C(=O)N[C@H](C=O)CCCN=C(N)N)C(N)=O. The number of aromatic amines is 1. The number of aliphatic imine (C=N–C) groups is 2. The lowest BCUT2D eigenvalue weighted by Gasteiger charge is -2.27. The summed E-state index contributed by atoms with van der Waals surface area (Å²) in [6.07, 6.45) is 2.28. The molecule has 0 saturated heterocycles. The van der Waals surface area contributed by atoms with Crippen molar-refractivity contribution in [3.63, 3.8) is 0 Å². The Balaban J connectivity index is 1.80. The molecule has 4 unspecified atom stereocenters. The first-order chi connectivity index (χ1) is 36.7. The molecule has 77 heavy (non-hydrogen) atoms. The molecule has 9 amide bonds. The molecule has 0 aliphatic heterocycles. The third-order valence-electron chi connectivity index (χ3n) is 11.9. The molecule has 0 fully saturated rings. The maximum atomic E-state index is 14.3. The van der Waals surface area contributed by atoms with Crippen LogP contribution in [0.5, 0.6) is 0 Å². The third kappa shape index (κ3) is 23.6. The molecule has 0 aliphatic rings. The highest BCUT2D eigenvalue weighted by Crippen LogP contribution is 2.19. The number of benzene rings is 2. The van der Waals surface area contributed by atoms with Crippen LogP contribution >= 0.6 is 0 Å². The number of primary amides is 1. The van der Waals surface area contributed by atoms with Gasteiger partial charge < -0.3 is 86.3 Å². The van der Waals surface area contributed by atoms with Crippen molar-refractivity contribution in [1.82, 2.24) is 52.8 Å². The quantitative estimate of drug-likeness (QED) is 0.0116. The molecule has 3 rings (SSSR count). The summed E-state index contributed by atoms with van der Waals surface area (Å²) in [5.41, 5.74) is 29.8. The van der Waals surface area contributed by atoms with E-state index in [0.717, 1.165) is 16.5 Å². The number of aldehydes is 1. The van der Waals surface area contributed by atoms with Gasteiger partial charge in [-0.25, -0.2) is 0 Å². The average Bonchev–Trinajstić information content (AvgIpc) is 3.79. The topological polar surface area (TPSA) is 450 Å². The van der Waals surface area contributed by atoms with Gasteiger partial charge in [-0.3, -0.25) is 53.1 Å². The smallest absolute Gasteiger partial charge is 0.243 e. The Kier molecular flexibility index (Phi) is 27.1. The number of hydrogen-bond acceptors (Lipinski definition) is 13. The molecule has 1 heterocycles. The van der Waals surface area contributed by atoms with Gasteiger partial charge in [0.15, 0.2) is 11.9 Å². The minimum atomic E-state index is -1.54. The van der Waals surface area contributed by atoms with E-state index in [9.17, 15) is 47.9 Å². The molecule has 0 bridgehead atoms. The molecule has 27 heteroatoms. The molecule has 20 N–H and O–H groups in total. The number of likely N-dealkylation sites (N-methyl/N-ethyl adjacent to an activating group) is 1. The molecule has 27 nitrogen and oxygen atoms in total. The van der Waals surface area contributed by atoms with E-state index in [1.54, 1.807) is 37.4 Å². The predicted molar refractivity (Wildman–Crippen MR) is 287 cm³/mol. The van der Waals surface area contributed by atoms with Crippen LogP contribution in [0.3, 0.4) is 0 Å². The fourth-order valence-corrected chi connectivity index (χ4v) is 7.92. The highest BCUT2D eigenvalue weighted by Gasteiger charge is 2.33. The van der Waals surface area contributed by atoms with Crippen LogP contribution in [-0.4, -0.2) is 152 Å². The Bertz CT molecular complexity index is 2530. The minimum Gasteiger partial charge on any atom is -0.370 e. The number of nitrogens with zero attached hydrogens (tertiary/aromatic N) is 2. The zero-order valence-electron chi connectivity index (χ0n) is 43.7. The summed E-state index contributed by atoms with van der Waals surface area (Å²) in [5.74, 6) is -6.75. The summed E-state index contributed by atoms with van der Waals surface area (Å²) >= 11 is 0. The van der Waals surface area contributed by atoms with Gasteiger partial charge in [-0.1, -0.05) is 48.5 Å². The van der Waals surface area contributed by atoms with Gasteiger partial charge in [-0.05, 0) is 75.6 Å². The highest BCUT2D eigenvalue weighted by molar-refractivity contribution is 5.96. The lowest BCUT2D eigenvalue weighted by atomic mass is 10.0. The van der Waals surface area contributed by atoms with Crippen molar-refractivity contribution in [2.45, 2.75) is 120 Å². The van der Waals surface area contributed by atoms with Gasteiger partial charge in [0.2, 0.25) is 53.2 Å². The molecule has 1 aromatic heterocycles. The Morgan fingerprint density at radius 2 is 1.13 bits per heavy atom. The summed E-state index contributed by atoms with van der Waals surface area (Å²) in [4.78, 5) is 142. The molecule has 0 saturated carbocycles. The molecular weight excluding hydrogens is 999 g/mol. The largest absolute Gasteiger partial charge is 0.370 e. The predicted octanol–water partition coefficient (Wildman–Crippen LogP) is -3.93. The van der Waals surface area contributed by atoms with Crippen LogP contribution in [0.15, 0.2) is 70.8 Å². The number of hydrogen-bond donors (Lipinski definition) is 15. The van der Waals surface area contributed by atoms with Crippen LogP contribution in [0, 0.1) is 0 Å². The molecule has 420 valence electrons. The Hall–Kier alpha value is -8.62. The third-order valence-corrected chi connectivity index (χ3v) is 11.9. The second-order valence-electron chi connectivity index (χ2n) is 18.1. The lowest BCUT2D eigenvalue weighted by molar-refractivity contribution is -0.135. The van der Waals surface area contributed by atoms with Gasteiger partial charge in [0, 0.05) is 70.0 Å². The summed E-state index contributed by atoms with van der Waals surface area (Å²) < 4.78 is 0. The summed E-state index contributed by atoms with van der Waals surface area (Å²) in [6.45, 7) is 2.37. The standard InChI is InChI=1S/C50H75N17O10/c1-29(69)57-23-19-39(46(75)67-41(25-31-11-5-4-6-12-31)48(77)63-33(28-68)13-9-22-59-49(52)53)66-44(73)37(65-45(74)38(62-30(2)70)20-24-60-50(54)55)17-18-42(71)58-21-10-16-36(43(51)72)64-47(76)40(56-3)26-32-27-61-35-15-8-7-14-34(32)35/h4-8,11-12,14-15,27-28,33,36-41,56,61H,9-10,13,16-26H2,1-3H3,(H2,51,72)(H,57,69)(H,58,71)(H,62,70)(H,63,77)(H,64,76)(H,65,74)(H,66,73)(H,67,75)(H4,52,53,59)(H4,54,55,60)/t33-,36?,37?,38?,39-,40-,41?/m0/s1. The number of nitrogens with two attached hydrogens (primary N) is 5. The zero-order valence-corrected chi connectivity index (χ0v) is 43.7. The second-order valence-corrected chi connectivity index (χ2v) is 18.1. The summed E-state index contributed by atoms with van der Waals surface area (Å²) in [5, 5.41) is 24.8. The van der Waals surface area contributed by atoms with E-state index < -0.39 is 95.5 Å². The molecule has 3 aromatic rings. The van der Waals surface area contributed by atoms with Crippen molar-refractivity contribution in [1.29, 1.82) is 0 Å². The first kappa shape index (κ1) is 62.7. The fraction of sp³-hybridized carbons (Fsp3) is 0.480. The van der Waals surface area contributed by atoms with E-state index in [-0.39, 0.29) is 89.5 Å². The van der Waals surface area contributed by atoms with Crippen molar-refractivity contribution in [2.75, 3.05) is 33.2 Å². The first-order valence-electron chi connectivity index (χ1n) is 25.1. The second kappa shape index (κ2) is 33.3. The van der Waals surface area contributed by atoms with Gasteiger partial charge in [-0.15, -0.1) is 0 Å².